The normalized spacial score (nSPS) is 16.0. The Morgan fingerprint density at radius 1 is 1.10 bits per heavy atom. The summed E-state index contributed by atoms with van der Waals surface area (Å²) in [6, 6.07) is 17.7. The maximum absolute atomic E-state index is 13.4. The Morgan fingerprint density at radius 3 is 2.74 bits per heavy atom. The Morgan fingerprint density at radius 2 is 1.94 bits per heavy atom. The molecule has 0 spiro atoms. The lowest BCUT2D eigenvalue weighted by Crippen LogP contribution is -2.28. The van der Waals surface area contributed by atoms with Gasteiger partial charge < -0.3 is 0 Å². The number of thiophene rings is 1. The molecule has 1 aliphatic heterocycles. The number of aromatic nitrogens is 2. The predicted molar refractivity (Wildman–Crippen MR) is 122 cm³/mol. The predicted octanol–water partition coefficient (Wildman–Crippen LogP) is 5.30. The molecular weight excluding hydrogens is 431 g/mol. The van der Waals surface area contributed by atoms with E-state index in [9.17, 15) is 9.18 Å². The molecule has 2 aromatic carbocycles. The Bertz CT molecular complexity index is 1250. The minimum absolute atomic E-state index is 0.117. The zero-order chi connectivity index (χ0) is 21.2. The lowest BCUT2D eigenvalue weighted by atomic mass is 10.0. The number of fused-ring (bicyclic) bond motifs is 1. The molecule has 0 radical (unpaired) electrons. The van der Waals surface area contributed by atoms with E-state index < -0.39 is 0 Å². The molecule has 0 fully saturated rings. The van der Waals surface area contributed by atoms with Gasteiger partial charge in [-0.25, -0.2) is 19.4 Å². The summed E-state index contributed by atoms with van der Waals surface area (Å²) < 4.78 is 13.4. The lowest BCUT2D eigenvalue weighted by Gasteiger charge is -2.22. The van der Waals surface area contributed by atoms with E-state index in [0.717, 1.165) is 32.1 Å². The van der Waals surface area contributed by atoms with Crippen molar-refractivity contribution in [3.05, 3.63) is 88.6 Å². The first-order valence-electron chi connectivity index (χ1n) is 9.70. The van der Waals surface area contributed by atoms with Crippen LogP contribution >= 0.6 is 23.1 Å². The smallest absolute Gasteiger partial charge is 0.253 e. The van der Waals surface area contributed by atoms with Gasteiger partial charge in [0.25, 0.3) is 5.91 Å². The van der Waals surface area contributed by atoms with Crippen LogP contribution in [0, 0.1) is 5.82 Å². The van der Waals surface area contributed by atoms with Crippen molar-refractivity contribution in [2.24, 2.45) is 5.10 Å². The molecule has 31 heavy (non-hydrogen) atoms. The van der Waals surface area contributed by atoms with Gasteiger partial charge in [-0.3, -0.25) is 4.79 Å². The van der Waals surface area contributed by atoms with Gasteiger partial charge >= 0.3 is 0 Å². The van der Waals surface area contributed by atoms with Crippen molar-refractivity contribution in [1.29, 1.82) is 0 Å². The second kappa shape index (κ2) is 8.56. The van der Waals surface area contributed by atoms with Crippen LogP contribution in [0.25, 0.3) is 10.9 Å². The van der Waals surface area contributed by atoms with Gasteiger partial charge in [0.1, 0.15) is 17.2 Å². The van der Waals surface area contributed by atoms with Gasteiger partial charge in [0.15, 0.2) is 0 Å². The van der Waals surface area contributed by atoms with E-state index in [1.54, 1.807) is 28.5 Å². The highest BCUT2D eigenvalue weighted by atomic mass is 32.2. The van der Waals surface area contributed by atoms with Crippen molar-refractivity contribution in [3.8, 4) is 0 Å². The number of carbonyl (C=O) groups excluding carboxylic acids is 1. The molecule has 1 amide bonds. The van der Waals surface area contributed by atoms with Crippen molar-refractivity contribution in [2.75, 3.05) is 5.75 Å². The maximum atomic E-state index is 13.4. The van der Waals surface area contributed by atoms with Crippen LogP contribution in [0.4, 0.5) is 4.39 Å². The fourth-order valence-electron chi connectivity index (χ4n) is 3.57. The van der Waals surface area contributed by atoms with E-state index in [4.69, 9.17) is 0 Å². The fourth-order valence-corrected chi connectivity index (χ4v) is 5.13. The molecule has 2 aromatic heterocycles. The van der Waals surface area contributed by atoms with Gasteiger partial charge in [0.2, 0.25) is 0 Å². The van der Waals surface area contributed by atoms with Crippen LogP contribution in [-0.4, -0.2) is 32.3 Å². The van der Waals surface area contributed by atoms with Crippen molar-refractivity contribution in [3.63, 3.8) is 0 Å². The second-order valence-corrected chi connectivity index (χ2v) is 8.93. The van der Waals surface area contributed by atoms with Crippen molar-refractivity contribution in [1.82, 2.24) is 15.0 Å². The van der Waals surface area contributed by atoms with Crippen LogP contribution in [0.3, 0.4) is 0 Å². The molecule has 0 N–H and O–H groups in total. The zero-order valence-electron chi connectivity index (χ0n) is 16.3. The number of halogens is 1. The summed E-state index contributed by atoms with van der Waals surface area (Å²) in [6.07, 6.45) is 2.11. The average Bonchev–Trinajstić information content (AvgIpc) is 3.48. The Labute approximate surface area is 186 Å². The van der Waals surface area contributed by atoms with Gasteiger partial charge in [-0.1, -0.05) is 48.2 Å². The van der Waals surface area contributed by atoms with E-state index in [0.29, 0.717) is 6.42 Å². The summed E-state index contributed by atoms with van der Waals surface area (Å²) in [6.45, 7) is 0. The summed E-state index contributed by atoms with van der Waals surface area (Å²) in [4.78, 5) is 22.9. The largest absolute Gasteiger partial charge is 0.272 e. The van der Waals surface area contributed by atoms with Crippen molar-refractivity contribution >= 4 is 45.6 Å². The van der Waals surface area contributed by atoms with Crippen LogP contribution in [0.5, 0.6) is 0 Å². The zero-order valence-corrected chi connectivity index (χ0v) is 17.9. The standard InChI is InChI=1S/C23H17FN4OS2/c24-16-9-7-15(8-10-16)20-12-19(21-6-3-11-30-21)27-28(20)22(29)13-31-23-17-4-1-2-5-18(17)25-14-26-23/h1-11,14,20H,12-13H2. The molecule has 1 unspecified atom stereocenters. The van der Waals surface area contributed by atoms with Gasteiger partial charge in [-0.05, 0) is 35.2 Å². The molecule has 0 saturated carbocycles. The van der Waals surface area contributed by atoms with Crippen molar-refractivity contribution < 1.29 is 9.18 Å². The molecular formula is C23H17FN4OS2. The number of amides is 1. The topological polar surface area (TPSA) is 58.5 Å². The van der Waals surface area contributed by atoms with Crippen LogP contribution in [0.1, 0.15) is 22.9 Å². The number of benzene rings is 2. The first kappa shape index (κ1) is 19.8. The number of thioether (sulfide) groups is 1. The van der Waals surface area contributed by atoms with Crippen LogP contribution in [-0.2, 0) is 4.79 Å². The van der Waals surface area contributed by atoms with Gasteiger partial charge in [0.05, 0.1) is 27.9 Å². The minimum Gasteiger partial charge on any atom is -0.272 e. The monoisotopic (exact) mass is 448 g/mol. The van der Waals surface area contributed by atoms with E-state index in [2.05, 4.69) is 15.1 Å². The van der Waals surface area contributed by atoms with Gasteiger partial charge in [-0.15, -0.1) is 11.3 Å². The summed E-state index contributed by atoms with van der Waals surface area (Å²) >= 11 is 2.97. The quantitative estimate of drug-likeness (QED) is 0.307. The number of nitrogens with zero attached hydrogens (tertiary/aromatic N) is 4. The maximum Gasteiger partial charge on any atom is 0.253 e. The number of carbonyl (C=O) groups is 1. The molecule has 8 heteroatoms. The highest BCUT2D eigenvalue weighted by molar-refractivity contribution is 8.00. The summed E-state index contributed by atoms with van der Waals surface area (Å²) in [5, 5.41) is 9.87. The first-order valence-corrected chi connectivity index (χ1v) is 11.6. The lowest BCUT2D eigenvalue weighted by molar-refractivity contribution is -0.130. The van der Waals surface area contributed by atoms with Crippen LogP contribution < -0.4 is 0 Å². The minimum atomic E-state index is -0.301. The molecule has 1 atom stereocenters. The highest BCUT2D eigenvalue weighted by Gasteiger charge is 2.33. The number of hydrazone groups is 1. The summed E-state index contributed by atoms with van der Waals surface area (Å²) in [7, 11) is 0. The van der Waals surface area contributed by atoms with Crippen molar-refractivity contribution in [2.45, 2.75) is 17.5 Å². The second-order valence-electron chi connectivity index (χ2n) is 7.02. The third-order valence-electron chi connectivity index (χ3n) is 5.06. The average molecular weight is 449 g/mol. The Balaban J connectivity index is 1.40. The van der Waals surface area contributed by atoms with E-state index in [-0.39, 0.29) is 23.5 Å². The number of rotatable bonds is 5. The molecule has 3 heterocycles. The van der Waals surface area contributed by atoms with Crippen LogP contribution in [0.2, 0.25) is 0 Å². The van der Waals surface area contributed by atoms with E-state index in [1.807, 2.05) is 41.8 Å². The summed E-state index contributed by atoms with van der Waals surface area (Å²) in [5.41, 5.74) is 2.58. The Hall–Kier alpha value is -3.10. The molecule has 4 aromatic rings. The molecule has 5 rings (SSSR count). The number of hydrogen-bond acceptors (Lipinski definition) is 6. The highest BCUT2D eigenvalue weighted by Crippen LogP contribution is 2.35. The first-order chi connectivity index (χ1) is 15.2. The van der Waals surface area contributed by atoms with E-state index >= 15 is 0 Å². The van der Waals surface area contributed by atoms with Crippen LogP contribution in [0.15, 0.2) is 82.5 Å². The number of para-hydroxylation sites is 1. The van der Waals surface area contributed by atoms with Gasteiger partial charge in [-0.2, -0.15) is 5.10 Å². The fraction of sp³-hybridized carbons (Fsp3) is 0.130. The molecule has 5 nitrogen and oxygen atoms in total. The van der Waals surface area contributed by atoms with Gasteiger partial charge in [0, 0.05) is 11.8 Å². The SMILES string of the molecule is O=C(CSc1ncnc2ccccc12)N1N=C(c2cccs2)CC1c1ccc(F)cc1. The Kier molecular flexibility index (Phi) is 5.48. The molecule has 0 aliphatic carbocycles. The molecule has 0 saturated heterocycles. The molecule has 0 bridgehead atoms. The molecule has 1 aliphatic rings. The van der Waals surface area contributed by atoms with E-state index in [1.165, 1.54) is 30.2 Å². The summed E-state index contributed by atoms with van der Waals surface area (Å²) in [5.74, 6) is -0.223. The third kappa shape index (κ3) is 4.08. The number of hydrogen-bond donors (Lipinski definition) is 0. The molecule has 154 valence electrons. The third-order valence-corrected chi connectivity index (χ3v) is 6.97.